The highest BCUT2D eigenvalue weighted by Gasteiger charge is 2.20. The number of hydrogen-bond acceptors (Lipinski definition) is 4. The van der Waals surface area contributed by atoms with E-state index in [2.05, 4.69) is 0 Å². The van der Waals surface area contributed by atoms with Gasteiger partial charge < -0.3 is 5.11 Å². The molecule has 6 nitrogen and oxygen atoms in total. The minimum Gasteiger partial charge on any atom is -0.492 e. The van der Waals surface area contributed by atoms with E-state index in [1.54, 1.807) is 37.3 Å². The Hall–Kier alpha value is -3.07. The molecule has 2 aromatic rings. The zero-order chi connectivity index (χ0) is 15.6. The lowest BCUT2D eigenvalue weighted by Crippen LogP contribution is -2.43. The Morgan fingerprint density at radius 3 is 2.52 bits per heavy atom. The molecule has 1 aromatic carbocycles. The summed E-state index contributed by atoms with van der Waals surface area (Å²) in [6, 6.07) is 11.4. The van der Waals surface area contributed by atoms with E-state index in [-0.39, 0.29) is 5.56 Å². The van der Waals surface area contributed by atoms with Crippen LogP contribution in [0, 0.1) is 18.3 Å². The number of benzene rings is 1. The highest BCUT2D eigenvalue weighted by atomic mass is 16.3. The summed E-state index contributed by atoms with van der Waals surface area (Å²) in [6.07, 6.45) is 0. The van der Waals surface area contributed by atoms with E-state index in [0.717, 1.165) is 9.69 Å². The lowest BCUT2D eigenvalue weighted by Gasteiger charge is -2.21. The molecule has 21 heavy (non-hydrogen) atoms. The average molecular weight is 283 g/mol. The molecule has 1 N–H and O–H groups in total. The molecule has 106 valence electrons. The van der Waals surface area contributed by atoms with Crippen LogP contribution in [0.1, 0.15) is 21.5 Å². The molecule has 0 atom stereocenters. The van der Waals surface area contributed by atoms with Crippen LogP contribution in [0.15, 0.2) is 41.2 Å². The Bertz CT molecular complexity index is 788. The van der Waals surface area contributed by atoms with Gasteiger partial charge >= 0.3 is 0 Å². The first-order chi connectivity index (χ1) is 9.97. The van der Waals surface area contributed by atoms with E-state index >= 15 is 0 Å². The summed E-state index contributed by atoms with van der Waals surface area (Å²) in [5, 5.41) is 20.1. The first-order valence-corrected chi connectivity index (χ1v) is 6.16. The zero-order valence-electron chi connectivity index (χ0n) is 11.6. The largest absolute Gasteiger partial charge is 0.492 e. The molecule has 0 bridgehead atoms. The molecule has 2 rings (SSSR count). The van der Waals surface area contributed by atoms with Crippen LogP contribution in [0.3, 0.4) is 0 Å². The van der Waals surface area contributed by atoms with E-state index in [0.29, 0.717) is 11.1 Å². The summed E-state index contributed by atoms with van der Waals surface area (Å²) in [5.74, 6) is -1.02. The van der Waals surface area contributed by atoms with Crippen molar-refractivity contribution >= 4 is 5.91 Å². The van der Waals surface area contributed by atoms with Crippen LogP contribution in [-0.4, -0.2) is 22.7 Å². The van der Waals surface area contributed by atoms with Crippen molar-refractivity contribution in [1.29, 1.82) is 5.26 Å². The number of rotatable bonds is 2. The molecule has 1 amide bonds. The van der Waals surface area contributed by atoms with Gasteiger partial charge in [-0.3, -0.25) is 9.59 Å². The van der Waals surface area contributed by atoms with Crippen molar-refractivity contribution in [2.24, 2.45) is 0 Å². The maximum absolute atomic E-state index is 12.3. The maximum Gasteiger partial charge on any atom is 0.272 e. The number of aromatic hydroxyl groups is 1. The summed E-state index contributed by atoms with van der Waals surface area (Å²) in [4.78, 5) is 24.3. The van der Waals surface area contributed by atoms with E-state index in [1.165, 1.54) is 13.1 Å². The van der Waals surface area contributed by atoms with Gasteiger partial charge in [0.1, 0.15) is 11.6 Å². The van der Waals surface area contributed by atoms with Crippen LogP contribution in [-0.2, 0) is 0 Å². The monoisotopic (exact) mass is 283 g/mol. The molecule has 0 radical (unpaired) electrons. The Kier molecular flexibility index (Phi) is 3.76. The number of nitrogens with zero attached hydrogens (tertiary/aromatic N) is 3. The van der Waals surface area contributed by atoms with Gasteiger partial charge in [0.05, 0.1) is 0 Å². The van der Waals surface area contributed by atoms with Crippen LogP contribution >= 0.6 is 0 Å². The second kappa shape index (κ2) is 5.51. The molecular formula is C15H13N3O3. The van der Waals surface area contributed by atoms with Crippen molar-refractivity contribution in [3.63, 3.8) is 0 Å². The average Bonchev–Trinajstić information content (AvgIpc) is 2.47. The molecule has 1 heterocycles. The van der Waals surface area contributed by atoms with Crippen LogP contribution in [0.2, 0.25) is 0 Å². The number of pyridine rings is 1. The summed E-state index contributed by atoms with van der Waals surface area (Å²) in [6.45, 7) is 1.54. The molecule has 6 heteroatoms. The fourth-order valence-corrected chi connectivity index (χ4v) is 1.99. The van der Waals surface area contributed by atoms with Gasteiger partial charge in [0.15, 0.2) is 0 Å². The normalized spacial score (nSPS) is 9.95. The van der Waals surface area contributed by atoms with Crippen LogP contribution < -0.4 is 10.6 Å². The van der Waals surface area contributed by atoms with Crippen molar-refractivity contribution in [2.75, 3.05) is 12.1 Å². The van der Waals surface area contributed by atoms with Crippen LogP contribution in [0.25, 0.3) is 0 Å². The summed E-state index contributed by atoms with van der Waals surface area (Å²) in [7, 11) is 1.35. The number of carbonyl (C=O) groups excluding carboxylic acids is 1. The molecular weight excluding hydrogens is 270 g/mol. The minimum absolute atomic E-state index is 0.0395. The third-order valence-electron chi connectivity index (χ3n) is 3.09. The molecule has 0 saturated heterocycles. The number of aryl methyl sites for hydroxylation is 1. The van der Waals surface area contributed by atoms with Gasteiger partial charge in [-0.15, -0.1) is 0 Å². The van der Waals surface area contributed by atoms with Gasteiger partial charge in [0.25, 0.3) is 11.5 Å². The highest BCUT2D eigenvalue weighted by Crippen LogP contribution is 2.18. The van der Waals surface area contributed by atoms with Crippen molar-refractivity contribution in [3.05, 3.63) is 63.4 Å². The number of amides is 1. The molecule has 1 aromatic heterocycles. The molecule has 0 aliphatic rings. The first kappa shape index (κ1) is 14.3. The minimum atomic E-state index is -0.587. The van der Waals surface area contributed by atoms with Gasteiger partial charge in [0, 0.05) is 18.7 Å². The summed E-state index contributed by atoms with van der Waals surface area (Å²) < 4.78 is 0.779. The maximum atomic E-state index is 12.3. The van der Waals surface area contributed by atoms with Crippen LogP contribution in [0.4, 0.5) is 0 Å². The predicted octanol–water partition coefficient (Wildman–Crippen LogP) is 1.14. The van der Waals surface area contributed by atoms with Gasteiger partial charge in [0.2, 0.25) is 5.88 Å². The van der Waals surface area contributed by atoms with Crippen molar-refractivity contribution in [3.8, 4) is 11.9 Å². The SMILES string of the molecule is Cc1cc(=O)n(N(C)C(=O)c2ccccc2)c(O)c1C#N. The van der Waals surface area contributed by atoms with Gasteiger partial charge in [-0.2, -0.15) is 9.94 Å². The quantitative estimate of drug-likeness (QED) is 0.895. The lowest BCUT2D eigenvalue weighted by molar-refractivity contribution is 0.0961. The molecule has 0 aliphatic carbocycles. The number of nitriles is 1. The number of aromatic nitrogens is 1. The molecule has 0 unspecified atom stereocenters. The van der Waals surface area contributed by atoms with E-state index in [4.69, 9.17) is 5.26 Å². The topological polar surface area (TPSA) is 86.3 Å². The predicted molar refractivity (Wildman–Crippen MR) is 76.7 cm³/mol. The first-order valence-electron chi connectivity index (χ1n) is 6.16. The van der Waals surface area contributed by atoms with E-state index in [1.807, 2.05) is 6.07 Å². The Balaban J connectivity index is 2.55. The van der Waals surface area contributed by atoms with Crippen molar-refractivity contribution < 1.29 is 9.90 Å². The number of carbonyl (C=O) groups is 1. The Labute approximate surface area is 121 Å². The van der Waals surface area contributed by atoms with Gasteiger partial charge in [-0.25, -0.2) is 5.01 Å². The second-order valence-corrected chi connectivity index (χ2v) is 4.48. The molecule has 0 spiro atoms. The number of hydrogen-bond donors (Lipinski definition) is 1. The Morgan fingerprint density at radius 1 is 1.33 bits per heavy atom. The third-order valence-corrected chi connectivity index (χ3v) is 3.09. The van der Waals surface area contributed by atoms with Gasteiger partial charge in [-0.05, 0) is 24.6 Å². The standard InChI is InChI=1S/C15H13N3O3/c1-10-8-13(19)18(15(21)12(10)9-16)17(2)14(20)11-6-4-3-5-7-11/h3-8,21H,1-2H3. The van der Waals surface area contributed by atoms with Crippen LogP contribution in [0.5, 0.6) is 5.88 Å². The molecule has 0 aliphatic heterocycles. The summed E-state index contributed by atoms with van der Waals surface area (Å²) >= 11 is 0. The fraction of sp³-hybridized carbons (Fsp3) is 0.133. The van der Waals surface area contributed by atoms with Gasteiger partial charge in [-0.1, -0.05) is 18.2 Å². The highest BCUT2D eigenvalue weighted by molar-refractivity contribution is 6.01. The smallest absolute Gasteiger partial charge is 0.272 e. The summed E-state index contributed by atoms with van der Waals surface area (Å²) in [5.41, 5.74) is 0.0975. The van der Waals surface area contributed by atoms with Crippen molar-refractivity contribution in [1.82, 2.24) is 4.68 Å². The lowest BCUT2D eigenvalue weighted by atomic mass is 10.1. The second-order valence-electron chi connectivity index (χ2n) is 4.48. The Morgan fingerprint density at radius 2 is 1.95 bits per heavy atom. The molecule has 0 fully saturated rings. The third kappa shape index (κ3) is 2.49. The molecule has 0 saturated carbocycles. The van der Waals surface area contributed by atoms with E-state index in [9.17, 15) is 14.7 Å². The van der Waals surface area contributed by atoms with E-state index < -0.39 is 17.3 Å². The zero-order valence-corrected chi connectivity index (χ0v) is 11.6. The van der Waals surface area contributed by atoms with Crippen molar-refractivity contribution in [2.45, 2.75) is 6.92 Å². The fourth-order valence-electron chi connectivity index (χ4n) is 1.99.